The third-order valence-corrected chi connectivity index (χ3v) is 4.00. The zero-order valence-electron chi connectivity index (χ0n) is 13.6. The Bertz CT molecular complexity index is 643. The number of carbonyl (C=O) groups is 1. The summed E-state index contributed by atoms with van der Waals surface area (Å²) < 4.78 is 5.13. The topological polar surface area (TPSA) is 80.0 Å². The number of para-hydroxylation sites is 1. The number of rotatable bonds is 7. The average Bonchev–Trinajstić information content (AvgIpc) is 2.99. The lowest BCUT2D eigenvalue weighted by molar-refractivity contribution is 0.252. The molecule has 2 rings (SSSR count). The first-order valence-electron chi connectivity index (χ1n) is 7.69. The summed E-state index contributed by atoms with van der Waals surface area (Å²) in [5.74, 6) is 2.39. The normalized spacial score (nSPS) is 10.8. The molecule has 1 heterocycles. The van der Waals surface area contributed by atoms with Crippen LogP contribution in [0.1, 0.15) is 38.4 Å². The summed E-state index contributed by atoms with van der Waals surface area (Å²) in [4.78, 5) is 17.3. The molecule has 0 radical (unpaired) electrons. The molecular formula is C16H22N4O2S. The van der Waals surface area contributed by atoms with E-state index in [4.69, 9.17) is 4.52 Å². The zero-order chi connectivity index (χ0) is 16.7. The maximum atomic E-state index is 12.0. The van der Waals surface area contributed by atoms with E-state index in [9.17, 15) is 4.79 Å². The van der Waals surface area contributed by atoms with Crippen molar-refractivity contribution in [2.24, 2.45) is 0 Å². The molecule has 7 heteroatoms. The minimum atomic E-state index is -0.235. The average molecular weight is 334 g/mol. The number of carbonyl (C=O) groups excluding carboxylic acids is 1. The van der Waals surface area contributed by atoms with Gasteiger partial charge in [-0.15, -0.1) is 11.8 Å². The number of hydrogen-bond donors (Lipinski definition) is 2. The highest BCUT2D eigenvalue weighted by molar-refractivity contribution is 7.99. The Hall–Kier alpha value is -2.02. The molecule has 0 fully saturated rings. The Morgan fingerprint density at radius 2 is 2.13 bits per heavy atom. The predicted molar refractivity (Wildman–Crippen MR) is 92.0 cm³/mol. The van der Waals surface area contributed by atoms with E-state index in [1.807, 2.05) is 38.1 Å². The summed E-state index contributed by atoms with van der Waals surface area (Å²) >= 11 is 1.70. The maximum Gasteiger partial charge on any atom is 0.319 e. The molecule has 0 bridgehead atoms. The fourth-order valence-electron chi connectivity index (χ4n) is 1.91. The fraction of sp³-hybridized carbons (Fsp3) is 0.438. The quantitative estimate of drug-likeness (QED) is 0.755. The van der Waals surface area contributed by atoms with Gasteiger partial charge in [-0.3, -0.25) is 0 Å². The van der Waals surface area contributed by atoms with Gasteiger partial charge in [0.25, 0.3) is 0 Å². The molecule has 1 aromatic carbocycles. The number of anilines is 1. The third kappa shape index (κ3) is 5.28. The molecule has 124 valence electrons. The number of benzene rings is 1. The molecule has 0 aliphatic rings. The highest BCUT2D eigenvalue weighted by Crippen LogP contribution is 2.26. The van der Waals surface area contributed by atoms with E-state index in [0.717, 1.165) is 16.3 Å². The van der Waals surface area contributed by atoms with E-state index >= 15 is 0 Å². The standard InChI is InChI=1S/C16H22N4O2S/c1-4-23-13-8-6-5-7-12(13)18-16(21)17-10-9-14-19-15(11(2)3)22-20-14/h5-8,11H,4,9-10H2,1-3H3,(H2,17,18,21). The molecule has 0 aliphatic heterocycles. The molecule has 2 N–H and O–H groups in total. The number of amides is 2. The third-order valence-electron chi connectivity index (χ3n) is 3.05. The maximum absolute atomic E-state index is 12.0. The number of thioether (sulfide) groups is 1. The van der Waals surface area contributed by atoms with Crippen LogP contribution in [-0.4, -0.2) is 28.5 Å². The minimum absolute atomic E-state index is 0.208. The van der Waals surface area contributed by atoms with E-state index in [-0.39, 0.29) is 11.9 Å². The van der Waals surface area contributed by atoms with Crippen LogP contribution in [0.4, 0.5) is 10.5 Å². The van der Waals surface area contributed by atoms with Gasteiger partial charge in [-0.2, -0.15) is 4.98 Å². The Morgan fingerprint density at radius 1 is 1.35 bits per heavy atom. The van der Waals surface area contributed by atoms with Crippen LogP contribution in [-0.2, 0) is 6.42 Å². The van der Waals surface area contributed by atoms with E-state index in [1.165, 1.54) is 0 Å². The second kappa shape index (κ2) is 8.57. The Kier molecular flexibility index (Phi) is 6.46. The number of hydrogen-bond acceptors (Lipinski definition) is 5. The lowest BCUT2D eigenvalue weighted by Crippen LogP contribution is -2.30. The molecule has 23 heavy (non-hydrogen) atoms. The fourth-order valence-corrected chi connectivity index (χ4v) is 2.67. The van der Waals surface area contributed by atoms with E-state index in [0.29, 0.717) is 24.7 Å². The van der Waals surface area contributed by atoms with Crippen LogP contribution in [0.3, 0.4) is 0 Å². The smallest absolute Gasteiger partial charge is 0.319 e. The highest BCUT2D eigenvalue weighted by Gasteiger charge is 2.10. The van der Waals surface area contributed by atoms with E-state index in [2.05, 4.69) is 27.7 Å². The van der Waals surface area contributed by atoms with Crippen molar-refractivity contribution >= 4 is 23.5 Å². The molecule has 0 spiro atoms. The molecule has 0 aliphatic carbocycles. The summed E-state index contributed by atoms with van der Waals surface area (Å²) in [6.45, 7) is 6.52. The lowest BCUT2D eigenvalue weighted by atomic mass is 10.2. The monoisotopic (exact) mass is 334 g/mol. The van der Waals surface area contributed by atoms with Crippen molar-refractivity contribution in [3.63, 3.8) is 0 Å². The van der Waals surface area contributed by atoms with Gasteiger partial charge in [0, 0.05) is 23.8 Å². The van der Waals surface area contributed by atoms with E-state index in [1.54, 1.807) is 11.8 Å². The summed E-state index contributed by atoms with van der Waals surface area (Å²) in [6, 6.07) is 7.52. The van der Waals surface area contributed by atoms with Gasteiger partial charge in [-0.25, -0.2) is 4.79 Å². The predicted octanol–water partition coefficient (Wildman–Crippen LogP) is 3.67. The van der Waals surface area contributed by atoms with Crippen molar-refractivity contribution < 1.29 is 9.32 Å². The van der Waals surface area contributed by atoms with Crippen molar-refractivity contribution in [2.75, 3.05) is 17.6 Å². The van der Waals surface area contributed by atoms with Gasteiger partial charge in [0.1, 0.15) is 0 Å². The number of nitrogens with zero attached hydrogens (tertiary/aromatic N) is 2. The zero-order valence-corrected chi connectivity index (χ0v) is 14.4. The molecule has 2 aromatic rings. The molecule has 2 amide bonds. The first-order valence-corrected chi connectivity index (χ1v) is 8.67. The first kappa shape index (κ1) is 17.3. The van der Waals surface area contributed by atoms with E-state index < -0.39 is 0 Å². The van der Waals surface area contributed by atoms with Crippen LogP contribution in [0, 0.1) is 0 Å². The van der Waals surface area contributed by atoms with Crippen LogP contribution < -0.4 is 10.6 Å². The van der Waals surface area contributed by atoms with Crippen molar-refractivity contribution in [2.45, 2.75) is 38.0 Å². The van der Waals surface area contributed by atoms with Gasteiger partial charge in [0.2, 0.25) is 5.89 Å². The Labute approximate surface area is 140 Å². The van der Waals surface area contributed by atoms with Gasteiger partial charge in [0.05, 0.1) is 5.69 Å². The van der Waals surface area contributed by atoms with Crippen molar-refractivity contribution in [3.8, 4) is 0 Å². The van der Waals surface area contributed by atoms with Crippen LogP contribution in [0.2, 0.25) is 0 Å². The molecule has 0 atom stereocenters. The van der Waals surface area contributed by atoms with Crippen molar-refractivity contribution in [3.05, 3.63) is 36.0 Å². The number of aromatic nitrogens is 2. The largest absolute Gasteiger partial charge is 0.339 e. The molecule has 0 unspecified atom stereocenters. The van der Waals surface area contributed by atoms with Crippen molar-refractivity contribution in [1.82, 2.24) is 15.5 Å². The molecular weight excluding hydrogens is 312 g/mol. The van der Waals surface area contributed by atoms with Gasteiger partial charge in [-0.05, 0) is 17.9 Å². The summed E-state index contributed by atoms with van der Waals surface area (Å²) in [5, 5.41) is 9.57. The van der Waals surface area contributed by atoms with Gasteiger partial charge in [-0.1, -0.05) is 38.1 Å². The number of nitrogens with one attached hydrogen (secondary N) is 2. The minimum Gasteiger partial charge on any atom is -0.339 e. The Morgan fingerprint density at radius 3 is 2.83 bits per heavy atom. The molecule has 6 nitrogen and oxygen atoms in total. The van der Waals surface area contributed by atoms with Crippen molar-refractivity contribution in [1.29, 1.82) is 0 Å². The summed E-state index contributed by atoms with van der Waals surface area (Å²) in [7, 11) is 0. The first-order chi connectivity index (χ1) is 11.1. The number of urea groups is 1. The molecule has 1 aromatic heterocycles. The second-order valence-electron chi connectivity index (χ2n) is 5.26. The molecule has 0 saturated carbocycles. The summed E-state index contributed by atoms with van der Waals surface area (Å²) in [6.07, 6.45) is 0.537. The van der Waals surface area contributed by atoms with Crippen LogP contribution in [0.5, 0.6) is 0 Å². The lowest BCUT2D eigenvalue weighted by Gasteiger charge is -2.10. The van der Waals surface area contributed by atoms with Gasteiger partial charge < -0.3 is 15.2 Å². The van der Waals surface area contributed by atoms with Gasteiger partial charge in [0.15, 0.2) is 5.82 Å². The van der Waals surface area contributed by atoms with Crippen LogP contribution >= 0.6 is 11.8 Å². The van der Waals surface area contributed by atoms with Crippen LogP contribution in [0.15, 0.2) is 33.7 Å². The van der Waals surface area contributed by atoms with Crippen LogP contribution in [0.25, 0.3) is 0 Å². The SMILES string of the molecule is CCSc1ccccc1NC(=O)NCCc1noc(C(C)C)n1. The molecule has 0 saturated heterocycles. The van der Waals surface area contributed by atoms with Gasteiger partial charge >= 0.3 is 6.03 Å². The second-order valence-corrected chi connectivity index (χ2v) is 6.57. The Balaban J connectivity index is 1.81. The highest BCUT2D eigenvalue weighted by atomic mass is 32.2. The summed E-state index contributed by atoms with van der Waals surface area (Å²) in [5.41, 5.74) is 0.818.